The molecule has 90 valence electrons. The Kier molecular flexibility index (Phi) is 2.64. The summed E-state index contributed by atoms with van der Waals surface area (Å²) in [4.78, 5) is 4.21. The third-order valence-corrected chi connectivity index (χ3v) is 3.08. The highest BCUT2D eigenvalue weighted by molar-refractivity contribution is 5.03. The molecule has 1 aliphatic rings. The van der Waals surface area contributed by atoms with Crippen LogP contribution in [-0.4, -0.2) is 24.3 Å². The Bertz CT molecular complexity index is 496. The fourth-order valence-corrected chi connectivity index (χ4v) is 1.92. The Hall–Kier alpha value is -1.69. The van der Waals surface area contributed by atoms with Crippen molar-refractivity contribution in [3.8, 4) is 0 Å². The van der Waals surface area contributed by atoms with Crippen LogP contribution < -0.4 is 5.32 Å². The molecule has 0 radical (unpaired) electrons. The maximum Gasteiger partial charge on any atom is 0.146 e. The summed E-state index contributed by atoms with van der Waals surface area (Å²) in [6, 6.07) is 0.684. The van der Waals surface area contributed by atoms with Crippen LogP contribution in [0, 0.1) is 0 Å². The zero-order chi connectivity index (χ0) is 11.7. The molecule has 17 heavy (non-hydrogen) atoms. The summed E-state index contributed by atoms with van der Waals surface area (Å²) < 4.78 is 4.19. The fourth-order valence-electron chi connectivity index (χ4n) is 1.92. The molecule has 0 atom stereocenters. The summed E-state index contributed by atoms with van der Waals surface area (Å²) in [5.41, 5.74) is 1.25. The predicted octanol–water partition coefficient (Wildman–Crippen LogP) is 0.636. The SMILES string of the molecule is Cn1cnnc1CNCc1cncn1C1CC1. The second-order valence-electron chi connectivity index (χ2n) is 4.49. The average molecular weight is 232 g/mol. The molecule has 1 saturated carbocycles. The molecule has 0 aliphatic heterocycles. The molecular formula is C11H16N6. The highest BCUT2D eigenvalue weighted by atomic mass is 15.3. The molecule has 6 nitrogen and oxygen atoms in total. The number of aryl methyl sites for hydroxylation is 1. The van der Waals surface area contributed by atoms with E-state index in [4.69, 9.17) is 0 Å². The van der Waals surface area contributed by atoms with E-state index in [1.165, 1.54) is 18.5 Å². The van der Waals surface area contributed by atoms with Crippen LogP contribution in [0.2, 0.25) is 0 Å². The van der Waals surface area contributed by atoms with Gasteiger partial charge >= 0.3 is 0 Å². The number of rotatable bonds is 5. The molecule has 0 unspecified atom stereocenters. The van der Waals surface area contributed by atoms with Crippen molar-refractivity contribution in [3.63, 3.8) is 0 Å². The Labute approximate surface area is 99.7 Å². The number of hydrogen-bond donors (Lipinski definition) is 1. The van der Waals surface area contributed by atoms with Gasteiger partial charge in [-0.2, -0.15) is 0 Å². The zero-order valence-corrected chi connectivity index (χ0v) is 9.87. The highest BCUT2D eigenvalue weighted by Gasteiger charge is 2.24. The lowest BCUT2D eigenvalue weighted by Gasteiger charge is -2.07. The predicted molar refractivity (Wildman–Crippen MR) is 62.0 cm³/mol. The van der Waals surface area contributed by atoms with E-state index in [1.54, 1.807) is 6.33 Å². The van der Waals surface area contributed by atoms with Crippen LogP contribution in [0.4, 0.5) is 0 Å². The van der Waals surface area contributed by atoms with Crippen LogP contribution in [-0.2, 0) is 20.1 Å². The average Bonchev–Trinajstić information content (AvgIpc) is 2.93. The van der Waals surface area contributed by atoms with Crippen molar-refractivity contribution < 1.29 is 0 Å². The Morgan fingerprint density at radius 1 is 1.35 bits per heavy atom. The van der Waals surface area contributed by atoms with Gasteiger partial charge in [0.15, 0.2) is 0 Å². The first-order valence-corrected chi connectivity index (χ1v) is 5.89. The fraction of sp³-hybridized carbons (Fsp3) is 0.545. The highest BCUT2D eigenvalue weighted by Crippen LogP contribution is 2.35. The van der Waals surface area contributed by atoms with Crippen molar-refractivity contribution in [2.24, 2.45) is 7.05 Å². The van der Waals surface area contributed by atoms with Crippen LogP contribution in [0.15, 0.2) is 18.9 Å². The van der Waals surface area contributed by atoms with Gasteiger partial charge in [0, 0.05) is 25.8 Å². The zero-order valence-electron chi connectivity index (χ0n) is 9.87. The van der Waals surface area contributed by atoms with Gasteiger partial charge in [-0.05, 0) is 12.8 Å². The molecule has 1 N–H and O–H groups in total. The van der Waals surface area contributed by atoms with E-state index in [-0.39, 0.29) is 0 Å². The van der Waals surface area contributed by atoms with Gasteiger partial charge in [-0.15, -0.1) is 10.2 Å². The molecule has 0 aromatic carbocycles. The van der Waals surface area contributed by atoms with Gasteiger partial charge in [-0.1, -0.05) is 0 Å². The Morgan fingerprint density at radius 3 is 2.94 bits per heavy atom. The lowest BCUT2D eigenvalue weighted by Crippen LogP contribution is -2.17. The largest absolute Gasteiger partial charge is 0.330 e. The van der Waals surface area contributed by atoms with E-state index in [0.717, 1.165) is 18.9 Å². The van der Waals surface area contributed by atoms with Crippen molar-refractivity contribution in [2.75, 3.05) is 0 Å². The van der Waals surface area contributed by atoms with Crippen molar-refractivity contribution in [1.29, 1.82) is 0 Å². The standard InChI is InChI=1S/C11H16N6/c1-16-8-14-15-11(16)6-12-4-10-5-13-7-17(10)9-2-3-9/h5,7-9,12H,2-4,6H2,1H3. The van der Waals surface area contributed by atoms with Gasteiger partial charge in [-0.3, -0.25) is 0 Å². The molecule has 2 heterocycles. The molecule has 0 amide bonds. The number of nitrogens with zero attached hydrogens (tertiary/aromatic N) is 5. The minimum atomic E-state index is 0.684. The van der Waals surface area contributed by atoms with Crippen molar-refractivity contribution in [3.05, 3.63) is 30.4 Å². The number of nitrogens with one attached hydrogen (secondary N) is 1. The first kappa shape index (κ1) is 10.5. The number of hydrogen-bond acceptors (Lipinski definition) is 4. The maximum absolute atomic E-state index is 4.21. The molecule has 2 aromatic heterocycles. The first-order valence-electron chi connectivity index (χ1n) is 5.89. The quantitative estimate of drug-likeness (QED) is 0.821. The molecular weight excluding hydrogens is 216 g/mol. The number of aromatic nitrogens is 5. The molecule has 0 bridgehead atoms. The molecule has 0 spiro atoms. The van der Waals surface area contributed by atoms with Gasteiger partial charge in [-0.25, -0.2) is 4.98 Å². The molecule has 6 heteroatoms. The minimum Gasteiger partial charge on any atom is -0.330 e. The van der Waals surface area contributed by atoms with E-state index >= 15 is 0 Å². The topological polar surface area (TPSA) is 60.6 Å². The summed E-state index contributed by atoms with van der Waals surface area (Å²) in [6.07, 6.45) is 8.14. The van der Waals surface area contributed by atoms with E-state index in [0.29, 0.717) is 6.04 Å². The van der Waals surface area contributed by atoms with Crippen molar-refractivity contribution >= 4 is 0 Å². The van der Waals surface area contributed by atoms with Crippen LogP contribution in [0.1, 0.15) is 30.4 Å². The van der Waals surface area contributed by atoms with Crippen LogP contribution in [0.25, 0.3) is 0 Å². The summed E-state index contributed by atoms with van der Waals surface area (Å²) in [7, 11) is 1.95. The third kappa shape index (κ3) is 2.21. The molecule has 0 saturated heterocycles. The summed E-state index contributed by atoms with van der Waals surface area (Å²) in [5, 5.41) is 11.3. The summed E-state index contributed by atoms with van der Waals surface area (Å²) >= 11 is 0. The van der Waals surface area contributed by atoms with E-state index in [2.05, 4.69) is 25.1 Å². The first-order chi connectivity index (χ1) is 8.34. The van der Waals surface area contributed by atoms with Crippen molar-refractivity contribution in [1.82, 2.24) is 29.6 Å². The smallest absolute Gasteiger partial charge is 0.146 e. The third-order valence-electron chi connectivity index (χ3n) is 3.08. The monoisotopic (exact) mass is 232 g/mol. The van der Waals surface area contributed by atoms with Gasteiger partial charge < -0.3 is 14.5 Å². The molecule has 1 aliphatic carbocycles. The van der Waals surface area contributed by atoms with Crippen LogP contribution in [0.5, 0.6) is 0 Å². The minimum absolute atomic E-state index is 0.684. The lowest BCUT2D eigenvalue weighted by molar-refractivity contribution is 0.595. The molecule has 1 fully saturated rings. The van der Waals surface area contributed by atoms with E-state index in [1.807, 2.05) is 24.1 Å². The van der Waals surface area contributed by atoms with Crippen LogP contribution in [0.3, 0.4) is 0 Å². The summed E-state index contributed by atoms with van der Waals surface area (Å²) in [5.74, 6) is 0.947. The normalized spacial score (nSPS) is 15.4. The van der Waals surface area contributed by atoms with Crippen molar-refractivity contribution in [2.45, 2.75) is 32.0 Å². The van der Waals surface area contributed by atoms with Gasteiger partial charge in [0.1, 0.15) is 12.2 Å². The molecule has 2 aromatic rings. The Balaban J connectivity index is 1.57. The maximum atomic E-state index is 4.21. The lowest BCUT2D eigenvalue weighted by atomic mass is 10.4. The molecule has 3 rings (SSSR count). The Morgan fingerprint density at radius 2 is 2.24 bits per heavy atom. The second-order valence-corrected chi connectivity index (χ2v) is 4.49. The van der Waals surface area contributed by atoms with Gasteiger partial charge in [0.2, 0.25) is 0 Å². The van der Waals surface area contributed by atoms with Gasteiger partial charge in [0.05, 0.1) is 18.6 Å². The van der Waals surface area contributed by atoms with E-state index < -0.39 is 0 Å². The second kappa shape index (κ2) is 4.29. The van der Waals surface area contributed by atoms with Gasteiger partial charge in [0.25, 0.3) is 0 Å². The summed E-state index contributed by atoms with van der Waals surface area (Å²) in [6.45, 7) is 1.55. The number of imidazole rings is 1. The van der Waals surface area contributed by atoms with E-state index in [9.17, 15) is 0 Å². The van der Waals surface area contributed by atoms with Crippen LogP contribution >= 0.6 is 0 Å².